The van der Waals surface area contributed by atoms with E-state index < -0.39 is 0 Å². The van der Waals surface area contributed by atoms with Crippen LogP contribution in [-0.4, -0.2) is 35.2 Å². The maximum absolute atomic E-state index is 9.31. The number of nitrogens with zero attached hydrogens (tertiary/aromatic N) is 4. The number of benzene rings is 1. The number of nitriles is 1. The van der Waals surface area contributed by atoms with E-state index in [0.717, 1.165) is 11.3 Å². The van der Waals surface area contributed by atoms with Crippen molar-refractivity contribution in [2.24, 2.45) is 9.98 Å². The standard InChI is InChI=1S/C21H29N5/c1-14-9-10-16(21(3,4)5)11-18(14)25-20(23-12-22)19-15(2)24-13-26(19)17-7-6-8-17/h9-11,13,15,17,19H,6-8H2,1-5H3,(H,23,25). The lowest BCUT2D eigenvalue weighted by molar-refractivity contribution is 0.197. The van der Waals surface area contributed by atoms with Crippen LogP contribution in [0.25, 0.3) is 0 Å². The Morgan fingerprint density at radius 2 is 2.08 bits per heavy atom. The number of hydrogen-bond donors (Lipinski definition) is 1. The van der Waals surface area contributed by atoms with Crippen molar-refractivity contribution in [1.82, 2.24) is 10.2 Å². The van der Waals surface area contributed by atoms with Gasteiger partial charge >= 0.3 is 0 Å². The van der Waals surface area contributed by atoms with Gasteiger partial charge in [-0.1, -0.05) is 32.9 Å². The average Bonchev–Trinajstić information content (AvgIpc) is 2.87. The van der Waals surface area contributed by atoms with E-state index in [9.17, 15) is 5.26 Å². The second-order valence-electron chi connectivity index (χ2n) is 8.47. The molecule has 0 amide bonds. The van der Waals surface area contributed by atoms with Gasteiger partial charge in [0.05, 0.1) is 18.1 Å². The number of nitrogens with one attached hydrogen (secondary N) is 1. The van der Waals surface area contributed by atoms with E-state index in [1.54, 1.807) is 0 Å². The summed E-state index contributed by atoms with van der Waals surface area (Å²) in [6.45, 7) is 10.8. The van der Waals surface area contributed by atoms with Gasteiger partial charge in [-0.2, -0.15) is 5.26 Å². The third-order valence-electron chi connectivity index (χ3n) is 5.49. The Morgan fingerprint density at radius 1 is 1.35 bits per heavy atom. The highest BCUT2D eigenvalue weighted by atomic mass is 15.3. The summed E-state index contributed by atoms with van der Waals surface area (Å²) in [7, 11) is 0. The van der Waals surface area contributed by atoms with Crippen LogP contribution in [0.15, 0.2) is 28.2 Å². The van der Waals surface area contributed by atoms with Crippen molar-refractivity contribution in [3.8, 4) is 6.19 Å². The van der Waals surface area contributed by atoms with Gasteiger partial charge in [0.25, 0.3) is 0 Å². The molecule has 1 aliphatic heterocycles. The summed E-state index contributed by atoms with van der Waals surface area (Å²) in [5, 5.41) is 12.2. The van der Waals surface area contributed by atoms with Crippen molar-refractivity contribution >= 4 is 17.9 Å². The van der Waals surface area contributed by atoms with Gasteiger partial charge in [0, 0.05) is 6.04 Å². The molecule has 5 nitrogen and oxygen atoms in total. The first-order chi connectivity index (χ1) is 12.3. The molecule has 0 aromatic heterocycles. The van der Waals surface area contributed by atoms with Gasteiger partial charge < -0.3 is 4.90 Å². The first-order valence-corrected chi connectivity index (χ1v) is 9.47. The van der Waals surface area contributed by atoms with Gasteiger partial charge in [-0.3, -0.25) is 10.3 Å². The van der Waals surface area contributed by atoms with Crippen molar-refractivity contribution in [2.45, 2.75) is 77.4 Å². The SMILES string of the molecule is Cc1ccc(C(C)(C)C)cc1N=C(NC#N)C1C(C)N=CN1C1CCC1. The molecule has 2 atom stereocenters. The molecule has 2 aliphatic rings. The smallest absolute Gasteiger partial charge is 0.182 e. The normalized spacial score (nSPS) is 23.7. The van der Waals surface area contributed by atoms with Crippen LogP contribution >= 0.6 is 0 Å². The van der Waals surface area contributed by atoms with Crippen LogP contribution < -0.4 is 5.32 Å². The number of rotatable bonds is 3. The predicted octanol–water partition coefficient (Wildman–Crippen LogP) is 4.05. The Balaban J connectivity index is 1.98. The summed E-state index contributed by atoms with van der Waals surface area (Å²) in [5.74, 6) is 0.693. The molecular weight excluding hydrogens is 322 g/mol. The summed E-state index contributed by atoms with van der Waals surface area (Å²) in [5.41, 5.74) is 3.33. The Morgan fingerprint density at radius 3 is 2.65 bits per heavy atom. The van der Waals surface area contributed by atoms with E-state index in [-0.39, 0.29) is 17.5 Å². The van der Waals surface area contributed by atoms with Crippen LogP contribution in [0.1, 0.15) is 58.1 Å². The lowest BCUT2D eigenvalue weighted by Gasteiger charge is -2.39. The molecule has 1 aliphatic carbocycles. The van der Waals surface area contributed by atoms with Gasteiger partial charge in [-0.25, -0.2) is 4.99 Å². The zero-order valence-electron chi connectivity index (χ0n) is 16.5. The molecular formula is C21H29N5. The molecule has 0 saturated heterocycles. The molecule has 1 aromatic rings. The van der Waals surface area contributed by atoms with E-state index in [0.29, 0.717) is 11.9 Å². The fourth-order valence-corrected chi connectivity index (χ4v) is 3.51. The van der Waals surface area contributed by atoms with Gasteiger partial charge in [0.15, 0.2) is 6.19 Å². The van der Waals surface area contributed by atoms with Crippen LogP contribution in [0.5, 0.6) is 0 Å². The molecule has 0 spiro atoms. The van der Waals surface area contributed by atoms with Crippen LogP contribution in [0.3, 0.4) is 0 Å². The molecule has 26 heavy (non-hydrogen) atoms. The number of hydrogen-bond acceptors (Lipinski definition) is 4. The van der Waals surface area contributed by atoms with Crippen molar-refractivity contribution in [1.29, 1.82) is 5.26 Å². The van der Waals surface area contributed by atoms with Gasteiger partial charge in [-0.15, -0.1) is 0 Å². The molecule has 5 heteroatoms. The summed E-state index contributed by atoms with van der Waals surface area (Å²) in [6.07, 6.45) is 7.67. The van der Waals surface area contributed by atoms with E-state index in [4.69, 9.17) is 4.99 Å². The second kappa shape index (κ2) is 7.11. The van der Waals surface area contributed by atoms with Crippen molar-refractivity contribution < 1.29 is 0 Å². The minimum Gasteiger partial charge on any atom is -0.348 e. The third-order valence-corrected chi connectivity index (χ3v) is 5.49. The van der Waals surface area contributed by atoms with E-state index in [2.05, 4.69) is 74.2 Å². The van der Waals surface area contributed by atoms with E-state index in [1.165, 1.54) is 24.8 Å². The molecule has 1 N–H and O–H groups in total. The molecule has 0 bridgehead atoms. The molecule has 0 radical (unpaired) electrons. The highest BCUT2D eigenvalue weighted by Gasteiger charge is 2.38. The lowest BCUT2D eigenvalue weighted by Crippen LogP contribution is -2.52. The monoisotopic (exact) mass is 351 g/mol. The highest BCUT2D eigenvalue weighted by Crippen LogP contribution is 2.32. The second-order valence-corrected chi connectivity index (χ2v) is 8.47. The molecule has 1 aromatic carbocycles. The summed E-state index contributed by atoms with van der Waals surface area (Å²) in [6, 6.07) is 7.01. The van der Waals surface area contributed by atoms with Crippen molar-refractivity contribution in [2.75, 3.05) is 0 Å². The largest absolute Gasteiger partial charge is 0.348 e. The first kappa shape index (κ1) is 18.4. The molecule has 3 rings (SSSR count). The number of amidine groups is 1. The van der Waals surface area contributed by atoms with Crippen molar-refractivity contribution in [3.05, 3.63) is 29.3 Å². The third kappa shape index (κ3) is 3.60. The van der Waals surface area contributed by atoms with Crippen molar-refractivity contribution in [3.63, 3.8) is 0 Å². The number of aryl methyl sites for hydroxylation is 1. The van der Waals surface area contributed by atoms with Gasteiger partial charge in [0.1, 0.15) is 11.9 Å². The Kier molecular flexibility index (Phi) is 5.04. The predicted molar refractivity (Wildman–Crippen MR) is 107 cm³/mol. The van der Waals surface area contributed by atoms with Crippen LogP contribution in [-0.2, 0) is 5.41 Å². The molecule has 1 fully saturated rings. The maximum atomic E-state index is 9.31. The Labute approximate surface area is 156 Å². The quantitative estimate of drug-likeness (QED) is 0.387. The Bertz CT molecular complexity index is 762. The molecule has 1 saturated carbocycles. The fraction of sp³-hybridized carbons (Fsp3) is 0.571. The Hall–Kier alpha value is -2.35. The van der Waals surface area contributed by atoms with E-state index >= 15 is 0 Å². The highest BCUT2D eigenvalue weighted by molar-refractivity contribution is 5.94. The lowest BCUT2D eigenvalue weighted by atomic mass is 9.86. The number of aliphatic imine (C=N–C) groups is 2. The summed E-state index contributed by atoms with van der Waals surface area (Å²) in [4.78, 5) is 11.8. The summed E-state index contributed by atoms with van der Waals surface area (Å²) >= 11 is 0. The van der Waals surface area contributed by atoms with Crippen LogP contribution in [0, 0.1) is 18.4 Å². The zero-order chi connectivity index (χ0) is 18.9. The van der Waals surface area contributed by atoms with Gasteiger partial charge in [0.2, 0.25) is 0 Å². The van der Waals surface area contributed by atoms with Crippen LogP contribution in [0.2, 0.25) is 0 Å². The average molecular weight is 351 g/mol. The van der Waals surface area contributed by atoms with E-state index in [1.807, 2.05) is 6.34 Å². The first-order valence-electron chi connectivity index (χ1n) is 9.47. The molecule has 138 valence electrons. The topological polar surface area (TPSA) is 63.8 Å². The molecule has 1 heterocycles. The van der Waals surface area contributed by atoms with Crippen LogP contribution in [0.4, 0.5) is 5.69 Å². The zero-order valence-corrected chi connectivity index (χ0v) is 16.5. The van der Waals surface area contributed by atoms with Gasteiger partial charge in [-0.05, 0) is 55.7 Å². The molecule has 2 unspecified atom stereocenters. The maximum Gasteiger partial charge on any atom is 0.182 e. The minimum atomic E-state index is -0.00218. The minimum absolute atomic E-state index is 0.00218. The fourth-order valence-electron chi connectivity index (χ4n) is 3.51. The summed E-state index contributed by atoms with van der Waals surface area (Å²) < 4.78 is 0.